The molecule has 1 atom stereocenters. The molecule has 0 aliphatic rings. The largest absolute Gasteiger partial charge is 0.479 e. The van der Waals surface area contributed by atoms with Gasteiger partial charge in [0.2, 0.25) is 10.0 Å². The second kappa shape index (κ2) is 4.68. The van der Waals surface area contributed by atoms with E-state index < -0.39 is 32.7 Å². The molecule has 4 N–H and O–H groups in total. The van der Waals surface area contributed by atoms with Crippen molar-refractivity contribution in [1.29, 1.82) is 0 Å². The molecule has 0 aromatic heterocycles. The van der Waals surface area contributed by atoms with Gasteiger partial charge in [-0.05, 0) is 25.1 Å². The molecule has 0 spiro atoms. The standard InChI is InChI=1S/C9H11FN2O4S/c1-5(9(11)13)16-7-3-2-6(10)4-8(7)17(12,14)15/h2-5H,1H3,(H2,11,13)(H2,12,14,15). The molecule has 0 saturated carbocycles. The van der Waals surface area contributed by atoms with Crippen LogP contribution in [0, 0.1) is 5.82 Å². The molecule has 0 heterocycles. The van der Waals surface area contributed by atoms with Crippen LogP contribution in [-0.4, -0.2) is 20.4 Å². The summed E-state index contributed by atoms with van der Waals surface area (Å²) in [5.41, 5.74) is 4.95. The molecule has 6 nitrogen and oxygen atoms in total. The van der Waals surface area contributed by atoms with Gasteiger partial charge in [-0.15, -0.1) is 0 Å². The fourth-order valence-electron chi connectivity index (χ4n) is 1.05. The van der Waals surface area contributed by atoms with Gasteiger partial charge in [-0.1, -0.05) is 0 Å². The van der Waals surface area contributed by atoms with E-state index in [2.05, 4.69) is 0 Å². The van der Waals surface area contributed by atoms with Crippen LogP contribution in [0.15, 0.2) is 23.1 Å². The number of primary sulfonamides is 1. The Balaban J connectivity index is 3.21. The smallest absolute Gasteiger partial charge is 0.258 e. The van der Waals surface area contributed by atoms with E-state index in [1.807, 2.05) is 0 Å². The number of ether oxygens (including phenoxy) is 1. The van der Waals surface area contributed by atoms with Crippen LogP contribution in [0.2, 0.25) is 0 Å². The van der Waals surface area contributed by atoms with E-state index in [0.29, 0.717) is 6.07 Å². The summed E-state index contributed by atoms with van der Waals surface area (Å²) in [5, 5.41) is 4.89. The van der Waals surface area contributed by atoms with Crippen LogP contribution in [0.25, 0.3) is 0 Å². The molecule has 1 amide bonds. The summed E-state index contributed by atoms with van der Waals surface area (Å²) in [4.78, 5) is 10.2. The molecule has 94 valence electrons. The lowest BCUT2D eigenvalue weighted by Crippen LogP contribution is -2.31. The monoisotopic (exact) mass is 262 g/mol. The maximum atomic E-state index is 12.9. The molecule has 1 rings (SSSR count). The number of carbonyl (C=O) groups excluding carboxylic acids is 1. The third kappa shape index (κ3) is 3.40. The van der Waals surface area contributed by atoms with Crippen molar-refractivity contribution in [2.75, 3.05) is 0 Å². The molecule has 17 heavy (non-hydrogen) atoms. The molecule has 1 aromatic rings. The first-order valence-electron chi connectivity index (χ1n) is 4.50. The molecule has 0 fully saturated rings. The highest BCUT2D eigenvalue weighted by molar-refractivity contribution is 7.89. The minimum atomic E-state index is -4.14. The minimum absolute atomic E-state index is 0.222. The first kappa shape index (κ1) is 13.4. The Morgan fingerprint density at radius 3 is 2.53 bits per heavy atom. The Morgan fingerprint density at radius 1 is 1.47 bits per heavy atom. The predicted octanol–water partition coefficient (Wildman–Crippen LogP) is -0.274. The van der Waals surface area contributed by atoms with E-state index in [1.165, 1.54) is 6.92 Å². The third-order valence-corrected chi connectivity index (χ3v) is 2.85. The Morgan fingerprint density at radius 2 is 2.06 bits per heavy atom. The first-order valence-corrected chi connectivity index (χ1v) is 6.05. The lowest BCUT2D eigenvalue weighted by molar-refractivity contribution is -0.124. The van der Waals surface area contributed by atoms with Crippen LogP contribution in [0.3, 0.4) is 0 Å². The van der Waals surface area contributed by atoms with Crippen molar-refractivity contribution in [1.82, 2.24) is 0 Å². The molecular formula is C9H11FN2O4S. The lowest BCUT2D eigenvalue weighted by Gasteiger charge is -2.13. The van der Waals surface area contributed by atoms with Gasteiger partial charge in [0, 0.05) is 0 Å². The number of primary amides is 1. The summed E-state index contributed by atoms with van der Waals surface area (Å²) >= 11 is 0. The fraction of sp³-hybridized carbons (Fsp3) is 0.222. The minimum Gasteiger partial charge on any atom is -0.479 e. The van der Waals surface area contributed by atoms with Crippen molar-refractivity contribution in [3.05, 3.63) is 24.0 Å². The highest BCUT2D eigenvalue weighted by atomic mass is 32.2. The molecule has 0 saturated heterocycles. The van der Waals surface area contributed by atoms with Gasteiger partial charge in [-0.2, -0.15) is 0 Å². The zero-order valence-corrected chi connectivity index (χ0v) is 9.70. The maximum absolute atomic E-state index is 12.9. The van der Waals surface area contributed by atoms with Gasteiger partial charge >= 0.3 is 0 Å². The summed E-state index contributed by atoms with van der Waals surface area (Å²) in [6, 6.07) is 2.75. The van der Waals surface area contributed by atoms with Crippen molar-refractivity contribution in [2.24, 2.45) is 10.9 Å². The molecule has 8 heteroatoms. The zero-order valence-electron chi connectivity index (χ0n) is 8.88. The van der Waals surface area contributed by atoms with Crippen LogP contribution in [-0.2, 0) is 14.8 Å². The highest BCUT2D eigenvalue weighted by Gasteiger charge is 2.19. The van der Waals surface area contributed by atoms with Gasteiger partial charge in [-0.3, -0.25) is 4.79 Å². The molecule has 1 aromatic carbocycles. The van der Waals surface area contributed by atoms with Crippen molar-refractivity contribution in [3.63, 3.8) is 0 Å². The van der Waals surface area contributed by atoms with Crippen LogP contribution >= 0.6 is 0 Å². The van der Waals surface area contributed by atoms with Crippen LogP contribution in [0.5, 0.6) is 5.75 Å². The second-order valence-corrected chi connectivity index (χ2v) is 4.83. The normalized spacial score (nSPS) is 13.1. The quantitative estimate of drug-likeness (QED) is 0.777. The van der Waals surface area contributed by atoms with Gasteiger partial charge in [-0.25, -0.2) is 17.9 Å². The SMILES string of the molecule is CC(Oc1ccc(F)cc1S(N)(=O)=O)C(N)=O. The van der Waals surface area contributed by atoms with Gasteiger partial charge < -0.3 is 10.5 Å². The Labute approximate surface area is 97.4 Å². The Hall–Kier alpha value is -1.67. The van der Waals surface area contributed by atoms with Crippen LogP contribution < -0.4 is 15.6 Å². The highest BCUT2D eigenvalue weighted by Crippen LogP contribution is 2.24. The number of hydrogen-bond donors (Lipinski definition) is 2. The van der Waals surface area contributed by atoms with E-state index in [-0.39, 0.29) is 5.75 Å². The topological polar surface area (TPSA) is 112 Å². The van der Waals surface area contributed by atoms with Crippen molar-refractivity contribution in [3.8, 4) is 5.75 Å². The number of nitrogens with two attached hydrogens (primary N) is 2. The fourth-order valence-corrected chi connectivity index (χ4v) is 1.72. The molecular weight excluding hydrogens is 251 g/mol. The van der Waals surface area contributed by atoms with Crippen molar-refractivity contribution < 1.29 is 22.3 Å². The second-order valence-electron chi connectivity index (χ2n) is 3.30. The van der Waals surface area contributed by atoms with E-state index in [9.17, 15) is 17.6 Å². The van der Waals surface area contributed by atoms with E-state index >= 15 is 0 Å². The lowest BCUT2D eigenvalue weighted by atomic mass is 10.3. The van der Waals surface area contributed by atoms with E-state index in [0.717, 1.165) is 12.1 Å². The van der Waals surface area contributed by atoms with Gasteiger partial charge in [0.15, 0.2) is 6.10 Å². The zero-order chi connectivity index (χ0) is 13.2. The first-order chi connectivity index (χ1) is 7.71. The van der Waals surface area contributed by atoms with Crippen LogP contribution in [0.1, 0.15) is 6.92 Å². The van der Waals surface area contributed by atoms with Gasteiger partial charge in [0.05, 0.1) is 0 Å². The van der Waals surface area contributed by atoms with E-state index in [4.69, 9.17) is 15.6 Å². The molecule has 0 aliphatic carbocycles. The van der Waals surface area contributed by atoms with Crippen LogP contribution in [0.4, 0.5) is 4.39 Å². The molecule has 1 unspecified atom stereocenters. The molecule has 0 bridgehead atoms. The molecule has 0 radical (unpaired) electrons. The summed E-state index contributed by atoms with van der Waals surface area (Å²) in [7, 11) is -4.14. The Bertz CT molecular complexity index is 544. The predicted molar refractivity (Wildman–Crippen MR) is 57.1 cm³/mol. The summed E-state index contributed by atoms with van der Waals surface area (Å²) in [6.45, 7) is 1.33. The van der Waals surface area contributed by atoms with Gasteiger partial charge in [0.1, 0.15) is 16.5 Å². The maximum Gasteiger partial charge on any atom is 0.258 e. The van der Waals surface area contributed by atoms with Gasteiger partial charge in [0.25, 0.3) is 5.91 Å². The average molecular weight is 262 g/mol. The average Bonchev–Trinajstić information content (AvgIpc) is 2.18. The van der Waals surface area contributed by atoms with Crippen molar-refractivity contribution in [2.45, 2.75) is 17.9 Å². The number of rotatable bonds is 4. The van der Waals surface area contributed by atoms with E-state index in [1.54, 1.807) is 0 Å². The number of benzene rings is 1. The summed E-state index contributed by atoms with van der Waals surface area (Å²) in [5.74, 6) is -1.79. The number of carbonyl (C=O) groups is 1. The Kier molecular flexibility index (Phi) is 3.69. The number of halogens is 1. The number of sulfonamides is 1. The third-order valence-electron chi connectivity index (χ3n) is 1.92. The molecule has 0 aliphatic heterocycles. The number of hydrogen-bond acceptors (Lipinski definition) is 4. The summed E-state index contributed by atoms with van der Waals surface area (Å²) in [6.07, 6.45) is -1.05. The van der Waals surface area contributed by atoms with Crippen molar-refractivity contribution >= 4 is 15.9 Å². The summed E-state index contributed by atoms with van der Waals surface area (Å²) < 4.78 is 40.2. The number of amides is 1.